The van der Waals surface area contributed by atoms with Crippen LogP contribution in [0.25, 0.3) is 0 Å². The monoisotopic (exact) mass is 219 g/mol. The summed E-state index contributed by atoms with van der Waals surface area (Å²) < 4.78 is 1.72. The summed E-state index contributed by atoms with van der Waals surface area (Å²) >= 11 is 0. The molecular formula is C11H17N5. The van der Waals surface area contributed by atoms with Crippen LogP contribution in [0.5, 0.6) is 0 Å². The summed E-state index contributed by atoms with van der Waals surface area (Å²) in [7, 11) is 1.84. The van der Waals surface area contributed by atoms with Gasteiger partial charge in [0.05, 0.1) is 5.69 Å². The second-order valence-electron chi connectivity index (χ2n) is 4.37. The van der Waals surface area contributed by atoms with Crippen molar-refractivity contribution in [3.63, 3.8) is 0 Å². The van der Waals surface area contributed by atoms with Crippen molar-refractivity contribution in [1.82, 2.24) is 9.78 Å². The van der Waals surface area contributed by atoms with Crippen LogP contribution >= 0.6 is 0 Å². The molecule has 0 radical (unpaired) electrons. The number of aromatic nitrogens is 2. The molecule has 1 aromatic heterocycles. The van der Waals surface area contributed by atoms with Crippen LogP contribution in [-0.2, 0) is 7.05 Å². The Morgan fingerprint density at radius 2 is 2.38 bits per heavy atom. The van der Waals surface area contributed by atoms with E-state index >= 15 is 0 Å². The SMILES string of the molecule is Cc1nn(C)c(NC(CN)C2CC2)c1C#N. The van der Waals surface area contributed by atoms with Crippen LogP contribution in [0.15, 0.2) is 0 Å². The number of anilines is 1. The number of hydrogen-bond acceptors (Lipinski definition) is 4. The molecule has 0 amide bonds. The zero-order chi connectivity index (χ0) is 11.7. The Bertz CT molecular complexity index is 424. The minimum atomic E-state index is 0.266. The standard InChI is InChI=1S/C11H17N5/c1-7-9(5-12)11(16(2)15-7)14-10(6-13)8-3-4-8/h8,10,14H,3-4,6,13H2,1-2H3. The van der Waals surface area contributed by atoms with E-state index in [1.54, 1.807) is 4.68 Å². The molecule has 1 heterocycles. The summed E-state index contributed by atoms with van der Waals surface area (Å²) in [6.45, 7) is 2.44. The van der Waals surface area contributed by atoms with Gasteiger partial charge < -0.3 is 11.1 Å². The van der Waals surface area contributed by atoms with Gasteiger partial charge in [0.25, 0.3) is 0 Å². The quantitative estimate of drug-likeness (QED) is 0.783. The highest BCUT2D eigenvalue weighted by molar-refractivity contribution is 5.55. The average Bonchev–Trinajstić information content (AvgIpc) is 3.03. The van der Waals surface area contributed by atoms with Crippen molar-refractivity contribution < 1.29 is 0 Å². The maximum absolute atomic E-state index is 9.08. The Morgan fingerprint density at radius 3 is 2.88 bits per heavy atom. The Labute approximate surface area is 95.2 Å². The number of nitriles is 1. The smallest absolute Gasteiger partial charge is 0.142 e. The minimum Gasteiger partial charge on any atom is -0.365 e. The largest absolute Gasteiger partial charge is 0.365 e. The van der Waals surface area contributed by atoms with Gasteiger partial charge >= 0.3 is 0 Å². The van der Waals surface area contributed by atoms with Gasteiger partial charge in [0.2, 0.25) is 0 Å². The van der Waals surface area contributed by atoms with Crippen LogP contribution in [0.3, 0.4) is 0 Å². The molecular weight excluding hydrogens is 202 g/mol. The molecule has 5 heteroatoms. The van der Waals surface area contributed by atoms with Crippen molar-refractivity contribution in [3.8, 4) is 6.07 Å². The molecule has 1 atom stereocenters. The Hall–Kier alpha value is -1.54. The first-order valence-corrected chi connectivity index (χ1v) is 5.57. The zero-order valence-electron chi connectivity index (χ0n) is 9.70. The van der Waals surface area contributed by atoms with Gasteiger partial charge in [-0.15, -0.1) is 0 Å². The molecule has 3 N–H and O–H groups in total. The minimum absolute atomic E-state index is 0.266. The van der Waals surface area contributed by atoms with Gasteiger partial charge in [-0.3, -0.25) is 4.68 Å². The van der Waals surface area contributed by atoms with E-state index in [2.05, 4.69) is 16.5 Å². The van der Waals surface area contributed by atoms with Crippen molar-refractivity contribution in [2.75, 3.05) is 11.9 Å². The number of nitrogens with one attached hydrogen (secondary N) is 1. The Morgan fingerprint density at radius 1 is 1.69 bits per heavy atom. The van der Waals surface area contributed by atoms with Crippen LogP contribution in [0.4, 0.5) is 5.82 Å². The molecule has 1 aliphatic carbocycles. The molecule has 1 saturated carbocycles. The van der Waals surface area contributed by atoms with E-state index in [9.17, 15) is 0 Å². The lowest BCUT2D eigenvalue weighted by molar-refractivity contribution is 0.630. The molecule has 0 spiro atoms. The first kappa shape index (κ1) is 11.0. The summed E-state index contributed by atoms with van der Waals surface area (Å²) in [5.74, 6) is 1.45. The zero-order valence-corrected chi connectivity index (χ0v) is 9.70. The van der Waals surface area contributed by atoms with Crippen LogP contribution in [0.2, 0.25) is 0 Å². The summed E-state index contributed by atoms with van der Waals surface area (Å²) in [6.07, 6.45) is 2.46. The summed E-state index contributed by atoms with van der Waals surface area (Å²) in [5, 5.41) is 16.7. The van der Waals surface area contributed by atoms with Gasteiger partial charge in [0.15, 0.2) is 0 Å². The van der Waals surface area contributed by atoms with Gasteiger partial charge in [0.1, 0.15) is 17.5 Å². The number of nitrogens with two attached hydrogens (primary N) is 1. The maximum Gasteiger partial charge on any atom is 0.142 e. The number of nitrogens with zero attached hydrogens (tertiary/aromatic N) is 3. The highest BCUT2D eigenvalue weighted by Crippen LogP contribution is 2.34. The lowest BCUT2D eigenvalue weighted by atomic mass is 10.1. The maximum atomic E-state index is 9.08. The number of aryl methyl sites for hydroxylation is 2. The first-order valence-electron chi connectivity index (χ1n) is 5.57. The summed E-state index contributed by atoms with van der Waals surface area (Å²) in [6, 6.07) is 2.45. The Balaban J connectivity index is 2.22. The predicted molar refractivity (Wildman–Crippen MR) is 61.8 cm³/mol. The van der Waals surface area contributed by atoms with E-state index in [0.29, 0.717) is 18.0 Å². The van der Waals surface area contributed by atoms with Gasteiger partial charge in [-0.1, -0.05) is 0 Å². The molecule has 1 unspecified atom stereocenters. The van der Waals surface area contributed by atoms with Crippen molar-refractivity contribution in [1.29, 1.82) is 5.26 Å². The van der Waals surface area contributed by atoms with E-state index in [-0.39, 0.29) is 6.04 Å². The van der Waals surface area contributed by atoms with Crippen molar-refractivity contribution >= 4 is 5.82 Å². The van der Waals surface area contributed by atoms with E-state index in [1.807, 2.05) is 14.0 Å². The van der Waals surface area contributed by atoms with E-state index in [4.69, 9.17) is 11.0 Å². The topological polar surface area (TPSA) is 79.7 Å². The third-order valence-electron chi connectivity index (χ3n) is 3.10. The molecule has 1 aliphatic rings. The molecule has 5 nitrogen and oxygen atoms in total. The van der Waals surface area contributed by atoms with Crippen LogP contribution < -0.4 is 11.1 Å². The molecule has 86 valence electrons. The second-order valence-corrected chi connectivity index (χ2v) is 4.37. The van der Waals surface area contributed by atoms with Gasteiger partial charge in [-0.25, -0.2) is 0 Å². The summed E-state index contributed by atoms with van der Waals surface area (Å²) in [4.78, 5) is 0. The molecule has 1 fully saturated rings. The highest BCUT2D eigenvalue weighted by Gasteiger charge is 2.31. The normalized spacial score (nSPS) is 16.9. The fourth-order valence-electron chi connectivity index (χ4n) is 2.00. The third-order valence-corrected chi connectivity index (χ3v) is 3.10. The number of rotatable bonds is 4. The van der Waals surface area contributed by atoms with Gasteiger partial charge in [-0.2, -0.15) is 10.4 Å². The predicted octanol–water partition coefficient (Wildman–Crippen LogP) is 0.749. The molecule has 2 rings (SSSR count). The van der Waals surface area contributed by atoms with E-state index in [0.717, 1.165) is 11.5 Å². The van der Waals surface area contributed by atoms with Gasteiger partial charge in [0, 0.05) is 19.6 Å². The Kier molecular flexibility index (Phi) is 2.84. The molecule has 0 aromatic carbocycles. The van der Waals surface area contributed by atoms with Crippen molar-refractivity contribution in [3.05, 3.63) is 11.3 Å². The molecule has 16 heavy (non-hydrogen) atoms. The van der Waals surface area contributed by atoms with Crippen molar-refractivity contribution in [2.24, 2.45) is 18.7 Å². The summed E-state index contributed by atoms with van der Waals surface area (Å²) in [5.41, 5.74) is 7.12. The molecule has 1 aromatic rings. The lowest BCUT2D eigenvalue weighted by Crippen LogP contribution is -2.32. The van der Waals surface area contributed by atoms with Crippen LogP contribution in [0.1, 0.15) is 24.1 Å². The lowest BCUT2D eigenvalue weighted by Gasteiger charge is -2.17. The van der Waals surface area contributed by atoms with E-state index in [1.165, 1.54) is 12.8 Å². The molecule has 0 saturated heterocycles. The second kappa shape index (κ2) is 4.14. The van der Waals surface area contributed by atoms with Crippen LogP contribution in [0, 0.1) is 24.2 Å². The molecule has 0 bridgehead atoms. The average molecular weight is 219 g/mol. The van der Waals surface area contributed by atoms with Crippen LogP contribution in [-0.4, -0.2) is 22.4 Å². The van der Waals surface area contributed by atoms with Crippen molar-refractivity contribution in [2.45, 2.75) is 25.8 Å². The first-order chi connectivity index (χ1) is 7.67. The fraction of sp³-hybridized carbons (Fsp3) is 0.636. The van der Waals surface area contributed by atoms with Gasteiger partial charge in [-0.05, 0) is 25.7 Å². The molecule has 0 aliphatic heterocycles. The third kappa shape index (κ3) is 1.89. The fourth-order valence-corrected chi connectivity index (χ4v) is 2.00. The van der Waals surface area contributed by atoms with E-state index < -0.39 is 0 Å². The highest BCUT2D eigenvalue weighted by atomic mass is 15.3. The number of hydrogen-bond donors (Lipinski definition) is 2.